The molecule has 0 radical (unpaired) electrons. The molecule has 0 unspecified atom stereocenters. The van der Waals surface area contributed by atoms with E-state index in [-0.39, 0.29) is 5.78 Å². The summed E-state index contributed by atoms with van der Waals surface area (Å²) < 4.78 is 10.4. The van der Waals surface area contributed by atoms with Crippen molar-refractivity contribution in [3.05, 3.63) is 48.0 Å². The first kappa shape index (κ1) is 16.4. The summed E-state index contributed by atoms with van der Waals surface area (Å²) in [5.74, 6) is 0.956. The number of amides is 2. The number of benzene rings is 2. The molecule has 120 valence electrons. The molecule has 6 nitrogen and oxygen atoms in total. The van der Waals surface area contributed by atoms with Gasteiger partial charge >= 0.3 is 6.03 Å². The van der Waals surface area contributed by atoms with E-state index >= 15 is 0 Å². The molecule has 0 saturated carbocycles. The summed E-state index contributed by atoms with van der Waals surface area (Å²) in [6, 6.07) is 11.4. The van der Waals surface area contributed by atoms with Gasteiger partial charge in [-0.25, -0.2) is 4.79 Å². The molecule has 0 atom stereocenters. The number of carbonyl (C=O) groups is 2. The van der Waals surface area contributed by atoms with Crippen LogP contribution in [-0.2, 0) is 0 Å². The summed E-state index contributed by atoms with van der Waals surface area (Å²) in [5.41, 5.74) is 1.60. The highest BCUT2D eigenvalue weighted by Gasteiger charge is 2.13. The minimum absolute atomic E-state index is 0.0280. The molecule has 0 aliphatic heterocycles. The molecular weight excluding hydrogens is 296 g/mol. The van der Waals surface area contributed by atoms with Crippen LogP contribution in [0.1, 0.15) is 17.3 Å². The number of ketones is 1. The number of urea groups is 1. The summed E-state index contributed by atoms with van der Waals surface area (Å²) in [4.78, 5) is 23.4. The maximum Gasteiger partial charge on any atom is 0.323 e. The van der Waals surface area contributed by atoms with Crippen molar-refractivity contribution in [1.82, 2.24) is 0 Å². The second-order valence-corrected chi connectivity index (χ2v) is 4.75. The second-order valence-electron chi connectivity index (χ2n) is 4.75. The quantitative estimate of drug-likeness (QED) is 0.827. The highest BCUT2D eigenvalue weighted by atomic mass is 16.5. The van der Waals surface area contributed by atoms with Crippen molar-refractivity contribution in [3.63, 3.8) is 0 Å². The number of anilines is 2. The first-order chi connectivity index (χ1) is 11.0. The van der Waals surface area contributed by atoms with Crippen molar-refractivity contribution < 1.29 is 19.1 Å². The lowest BCUT2D eigenvalue weighted by Gasteiger charge is -2.14. The van der Waals surface area contributed by atoms with E-state index in [0.717, 1.165) is 0 Å². The number of hydrogen-bond donors (Lipinski definition) is 2. The molecular formula is C17H18N2O4. The van der Waals surface area contributed by atoms with E-state index in [1.165, 1.54) is 21.1 Å². The first-order valence-corrected chi connectivity index (χ1v) is 6.95. The maximum absolute atomic E-state index is 12.1. The summed E-state index contributed by atoms with van der Waals surface area (Å²) in [6.45, 7) is 1.49. The summed E-state index contributed by atoms with van der Waals surface area (Å²) in [6.07, 6.45) is 0. The van der Waals surface area contributed by atoms with Crippen LogP contribution < -0.4 is 20.1 Å². The molecule has 0 heterocycles. The zero-order valence-corrected chi connectivity index (χ0v) is 13.2. The van der Waals surface area contributed by atoms with Gasteiger partial charge in [0, 0.05) is 11.3 Å². The van der Waals surface area contributed by atoms with Gasteiger partial charge in [0.05, 0.1) is 14.2 Å². The summed E-state index contributed by atoms with van der Waals surface area (Å²) in [5, 5.41) is 5.39. The van der Waals surface area contributed by atoms with Crippen LogP contribution in [0.25, 0.3) is 0 Å². The Balaban J connectivity index is 2.12. The Morgan fingerprint density at radius 3 is 1.91 bits per heavy atom. The average Bonchev–Trinajstić information content (AvgIpc) is 2.55. The minimum atomic E-state index is -0.441. The van der Waals surface area contributed by atoms with Crippen molar-refractivity contribution in [3.8, 4) is 11.5 Å². The van der Waals surface area contributed by atoms with E-state index in [9.17, 15) is 9.59 Å². The Bertz CT molecular complexity index is 689. The van der Waals surface area contributed by atoms with Crippen LogP contribution in [0, 0.1) is 0 Å². The number of rotatable bonds is 5. The lowest BCUT2D eigenvalue weighted by atomic mass is 10.1. The van der Waals surface area contributed by atoms with Gasteiger partial charge < -0.3 is 20.1 Å². The third-order valence-electron chi connectivity index (χ3n) is 3.22. The van der Waals surface area contributed by atoms with Crippen LogP contribution in [0.2, 0.25) is 0 Å². The zero-order valence-electron chi connectivity index (χ0n) is 13.2. The SMILES string of the molecule is COc1cccc(OC)c1NC(=O)Nc1ccc(C(C)=O)cc1. The zero-order chi connectivity index (χ0) is 16.8. The molecule has 2 aromatic rings. The number of ether oxygens (including phenoxy) is 2. The Morgan fingerprint density at radius 1 is 0.870 bits per heavy atom. The number of hydrogen-bond acceptors (Lipinski definition) is 4. The van der Waals surface area contributed by atoms with Crippen LogP contribution in [0.3, 0.4) is 0 Å². The monoisotopic (exact) mass is 314 g/mol. The van der Waals surface area contributed by atoms with Crippen molar-refractivity contribution >= 4 is 23.2 Å². The van der Waals surface area contributed by atoms with Gasteiger partial charge in [-0.3, -0.25) is 4.79 Å². The first-order valence-electron chi connectivity index (χ1n) is 6.95. The number of Topliss-reactive ketones (excluding diaryl/α,β-unsaturated/α-hetero) is 1. The van der Waals surface area contributed by atoms with E-state index in [1.807, 2.05) is 0 Å². The Kier molecular flexibility index (Phi) is 5.19. The number of nitrogens with one attached hydrogen (secondary N) is 2. The van der Waals surface area contributed by atoms with Crippen LogP contribution in [-0.4, -0.2) is 26.0 Å². The largest absolute Gasteiger partial charge is 0.494 e. The lowest BCUT2D eigenvalue weighted by Crippen LogP contribution is -2.20. The topological polar surface area (TPSA) is 76.7 Å². The molecule has 2 amide bonds. The molecule has 2 aromatic carbocycles. The molecule has 0 spiro atoms. The molecule has 0 aliphatic rings. The third kappa shape index (κ3) is 4.00. The predicted molar refractivity (Wildman–Crippen MR) is 88.6 cm³/mol. The normalized spacial score (nSPS) is 9.87. The van der Waals surface area contributed by atoms with E-state index < -0.39 is 6.03 Å². The van der Waals surface area contributed by atoms with Gasteiger partial charge in [0.1, 0.15) is 17.2 Å². The highest BCUT2D eigenvalue weighted by molar-refractivity contribution is 6.02. The number of methoxy groups -OCH3 is 2. The van der Waals surface area contributed by atoms with Gasteiger partial charge in [0.2, 0.25) is 0 Å². The molecule has 0 fully saturated rings. The highest BCUT2D eigenvalue weighted by Crippen LogP contribution is 2.34. The van der Waals surface area contributed by atoms with E-state index in [0.29, 0.717) is 28.4 Å². The third-order valence-corrected chi connectivity index (χ3v) is 3.22. The fourth-order valence-corrected chi connectivity index (χ4v) is 2.04. The van der Waals surface area contributed by atoms with Gasteiger partial charge in [0.25, 0.3) is 0 Å². The van der Waals surface area contributed by atoms with Crippen LogP contribution in [0.5, 0.6) is 11.5 Å². The van der Waals surface area contributed by atoms with Crippen molar-refractivity contribution in [2.45, 2.75) is 6.92 Å². The number of para-hydroxylation sites is 1. The molecule has 0 bridgehead atoms. The molecule has 0 saturated heterocycles. The summed E-state index contributed by atoms with van der Waals surface area (Å²) in [7, 11) is 3.02. The predicted octanol–water partition coefficient (Wildman–Crippen LogP) is 3.55. The van der Waals surface area contributed by atoms with Gasteiger partial charge in [-0.05, 0) is 43.3 Å². The molecule has 2 N–H and O–H groups in total. The average molecular weight is 314 g/mol. The van der Waals surface area contributed by atoms with Gasteiger partial charge in [-0.15, -0.1) is 0 Å². The molecule has 6 heteroatoms. The van der Waals surface area contributed by atoms with E-state index in [4.69, 9.17) is 9.47 Å². The van der Waals surface area contributed by atoms with Crippen LogP contribution in [0.4, 0.5) is 16.2 Å². The number of carbonyl (C=O) groups excluding carboxylic acids is 2. The van der Waals surface area contributed by atoms with Gasteiger partial charge in [-0.2, -0.15) is 0 Å². The smallest absolute Gasteiger partial charge is 0.323 e. The summed E-state index contributed by atoms with van der Waals surface area (Å²) >= 11 is 0. The van der Waals surface area contributed by atoms with E-state index in [1.54, 1.807) is 42.5 Å². The Labute approximate surface area is 134 Å². The molecule has 2 rings (SSSR count). The fraction of sp³-hybridized carbons (Fsp3) is 0.176. The standard InChI is InChI=1S/C17H18N2O4/c1-11(20)12-7-9-13(10-8-12)18-17(21)19-16-14(22-2)5-4-6-15(16)23-3/h4-10H,1-3H3,(H2,18,19,21). The van der Waals surface area contributed by atoms with Crippen molar-refractivity contribution in [2.75, 3.05) is 24.9 Å². The van der Waals surface area contributed by atoms with Crippen molar-refractivity contribution in [1.29, 1.82) is 0 Å². The van der Waals surface area contributed by atoms with Crippen LogP contribution in [0.15, 0.2) is 42.5 Å². The van der Waals surface area contributed by atoms with Gasteiger partial charge in [-0.1, -0.05) is 6.07 Å². The Morgan fingerprint density at radius 2 is 1.43 bits per heavy atom. The molecule has 23 heavy (non-hydrogen) atoms. The van der Waals surface area contributed by atoms with E-state index in [2.05, 4.69) is 10.6 Å². The fourth-order valence-electron chi connectivity index (χ4n) is 2.04. The molecule has 0 aliphatic carbocycles. The van der Waals surface area contributed by atoms with Crippen LogP contribution >= 0.6 is 0 Å². The Hall–Kier alpha value is -3.02. The van der Waals surface area contributed by atoms with Gasteiger partial charge in [0.15, 0.2) is 5.78 Å². The minimum Gasteiger partial charge on any atom is -0.494 e. The second kappa shape index (κ2) is 7.31. The lowest BCUT2D eigenvalue weighted by molar-refractivity contribution is 0.101. The molecule has 0 aromatic heterocycles. The van der Waals surface area contributed by atoms with Crippen molar-refractivity contribution in [2.24, 2.45) is 0 Å². The maximum atomic E-state index is 12.1.